The maximum absolute atomic E-state index is 6.08. The minimum absolute atomic E-state index is 0.799. The predicted octanol–water partition coefficient (Wildman–Crippen LogP) is 4.29. The van der Waals surface area contributed by atoms with Crippen LogP contribution in [0.2, 0.25) is 0 Å². The van der Waals surface area contributed by atoms with Crippen molar-refractivity contribution in [1.82, 2.24) is 9.88 Å². The summed E-state index contributed by atoms with van der Waals surface area (Å²) in [5.74, 6) is 1.01. The summed E-state index contributed by atoms with van der Waals surface area (Å²) in [6, 6.07) is 4.44. The Labute approximate surface area is 145 Å². The monoisotopic (exact) mass is 324 g/mol. The predicted molar refractivity (Wildman–Crippen MR) is 98.9 cm³/mol. The molecule has 1 aliphatic carbocycles. The molecule has 0 unspecified atom stereocenters. The highest BCUT2D eigenvalue weighted by Gasteiger charge is 2.15. The second-order valence-corrected chi connectivity index (χ2v) is 7.35. The number of fused-ring (bicyclic) bond motifs is 3. The van der Waals surface area contributed by atoms with Gasteiger partial charge in [-0.05, 0) is 87.7 Å². The minimum atomic E-state index is 0.799. The van der Waals surface area contributed by atoms with Crippen LogP contribution < -0.4 is 4.74 Å². The summed E-state index contributed by atoms with van der Waals surface area (Å²) in [5, 5.41) is 1.34. The van der Waals surface area contributed by atoms with E-state index in [0.717, 1.165) is 24.3 Å². The number of ether oxygens (including phenoxy) is 1. The van der Waals surface area contributed by atoms with Crippen LogP contribution in [-0.4, -0.2) is 36.1 Å². The molecule has 3 nitrogen and oxygen atoms in total. The van der Waals surface area contributed by atoms with Crippen LogP contribution in [0.4, 0.5) is 0 Å². The zero-order valence-corrected chi connectivity index (χ0v) is 14.8. The van der Waals surface area contributed by atoms with Crippen molar-refractivity contribution in [3.8, 4) is 5.75 Å². The molecule has 128 valence electrons. The van der Waals surface area contributed by atoms with Gasteiger partial charge in [-0.15, -0.1) is 0 Å². The van der Waals surface area contributed by atoms with E-state index in [2.05, 4.69) is 30.2 Å². The summed E-state index contributed by atoms with van der Waals surface area (Å²) < 4.78 is 6.08. The molecule has 4 rings (SSSR count). The van der Waals surface area contributed by atoms with E-state index in [-0.39, 0.29) is 0 Å². The largest absolute Gasteiger partial charge is 0.493 e. The number of nitrogens with zero attached hydrogens (tertiary/aromatic N) is 2. The number of benzene rings is 1. The van der Waals surface area contributed by atoms with Crippen molar-refractivity contribution in [2.75, 3.05) is 26.2 Å². The van der Waals surface area contributed by atoms with Crippen LogP contribution in [0.25, 0.3) is 10.9 Å². The Hall–Kier alpha value is -1.61. The van der Waals surface area contributed by atoms with Crippen LogP contribution in [0.3, 0.4) is 0 Å². The summed E-state index contributed by atoms with van der Waals surface area (Å²) in [4.78, 5) is 7.25. The summed E-state index contributed by atoms with van der Waals surface area (Å²) in [7, 11) is 0. The van der Waals surface area contributed by atoms with E-state index >= 15 is 0 Å². The molecule has 3 heteroatoms. The molecule has 0 amide bonds. The van der Waals surface area contributed by atoms with Gasteiger partial charge in [-0.1, -0.05) is 0 Å². The molecule has 0 atom stereocenters. The van der Waals surface area contributed by atoms with Gasteiger partial charge in [-0.3, -0.25) is 4.98 Å². The lowest BCUT2D eigenvalue weighted by Crippen LogP contribution is -2.22. The second kappa shape index (κ2) is 7.10. The molecule has 1 aliphatic heterocycles. The van der Waals surface area contributed by atoms with E-state index in [1.165, 1.54) is 80.2 Å². The van der Waals surface area contributed by atoms with E-state index in [1.807, 2.05) is 0 Å². The molecule has 2 aromatic rings. The molecule has 24 heavy (non-hydrogen) atoms. The molecule has 2 heterocycles. The van der Waals surface area contributed by atoms with Gasteiger partial charge in [0, 0.05) is 24.2 Å². The number of rotatable bonds is 5. The molecule has 2 aliphatic rings. The molecule has 0 saturated carbocycles. The fraction of sp³-hybridized carbons (Fsp3) is 0.571. The maximum Gasteiger partial charge on any atom is 0.124 e. The quantitative estimate of drug-likeness (QED) is 0.767. The highest BCUT2D eigenvalue weighted by molar-refractivity contribution is 5.85. The zero-order valence-electron chi connectivity index (χ0n) is 14.8. The Morgan fingerprint density at radius 3 is 2.79 bits per heavy atom. The Bertz CT molecular complexity index is 719. The van der Waals surface area contributed by atoms with Crippen molar-refractivity contribution in [3.63, 3.8) is 0 Å². The first kappa shape index (κ1) is 15.9. The van der Waals surface area contributed by atoms with Gasteiger partial charge >= 0.3 is 0 Å². The molecule has 1 saturated heterocycles. The number of likely N-dealkylation sites (tertiary alicyclic amines) is 1. The van der Waals surface area contributed by atoms with E-state index in [1.54, 1.807) is 0 Å². The highest BCUT2D eigenvalue weighted by atomic mass is 16.5. The summed E-state index contributed by atoms with van der Waals surface area (Å²) in [5.41, 5.74) is 5.31. The number of hydrogen-bond acceptors (Lipinski definition) is 3. The third-order valence-electron chi connectivity index (χ3n) is 5.56. The third kappa shape index (κ3) is 3.27. The fourth-order valence-corrected chi connectivity index (χ4v) is 4.18. The lowest BCUT2D eigenvalue weighted by atomic mass is 9.90. The number of hydrogen-bond donors (Lipinski definition) is 0. The van der Waals surface area contributed by atoms with Crippen LogP contribution >= 0.6 is 0 Å². The molecule has 0 bridgehead atoms. The summed E-state index contributed by atoms with van der Waals surface area (Å²) in [6.45, 7) is 6.66. The van der Waals surface area contributed by atoms with Crippen LogP contribution in [0.1, 0.15) is 48.8 Å². The van der Waals surface area contributed by atoms with Gasteiger partial charge in [0.05, 0.1) is 12.1 Å². The lowest BCUT2D eigenvalue weighted by molar-refractivity contribution is 0.262. The summed E-state index contributed by atoms with van der Waals surface area (Å²) >= 11 is 0. The summed E-state index contributed by atoms with van der Waals surface area (Å²) in [6.07, 6.45) is 10.9. The first-order valence-electron chi connectivity index (χ1n) is 9.57. The van der Waals surface area contributed by atoms with Crippen molar-refractivity contribution >= 4 is 10.9 Å². The Morgan fingerprint density at radius 1 is 1.08 bits per heavy atom. The van der Waals surface area contributed by atoms with Crippen LogP contribution in [-0.2, 0) is 12.8 Å². The van der Waals surface area contributed by atoms with E-state index in [0.29, 0.717) is 0 Å². The zero-order chi connectivity index (χ0) is 16.4. The Morgan fingerprint density at radius 2 is 1.92 bits per heavy atom. The fourth-order valence-electron chi connectivity index (χ4n) is 4.18. The number of aromatic nitrogens is 1. The third-order valence-corrected chi connectivity index (χ3v) is 5.56. The standard InChI is InChI=1S/C21H28N2O/c1-16-13-19-18-8-3-2-7-17(18)15-22-20(19)14-21(16)24-12-6-11-23-9-4-5-10-23/h13-15H,2-12H2,1H3. The molecular formula is C21H28N2O. The van der Waals surface area contributed by atoms with Crippen molar-refractivity contribution < 1.29 is 4.74 Å². The first-order valence-corrected chi connectivity index (χ1v) is 9.57. The van der Waals surface area contributed by atoms with Gasteiger partial charge < -0.3 is 9.64 Å². The van der Waals surface area contributed by atoms with E-state index in [9.17, 15) is 0 Å². The molecule has 0 spiro atoms. The first-order chi connectivity index (χ1) is 11.8. The molecule has 1 aromatic heterocycles. The second-order valence-electron chi connectivity index (χ2n) is 7.35. The molecular weight excluding hydrogens is 296 g/mol. The van der Waals surface area contributed by atoms with Crippen molar-refractivity contribution in [2.24, 2.45) is 0 Å². The minimum Gasteiger partial charge on any atom is -0.493 e. The van der Waals surface area contributed by atoms with Crippen LogP contribution in [0, 0.1) is 6.92 Å². The normalized spacial score (nSPS) is 18.0. The van der Waals surface area contributed by atoms with Gasteiger partial charge in [-0.2, -0.15) is 0 Å². The number of pyridine rings is 1. The molecule has 1 aromatic carbocycles. The van der Waals surface area contributed by atoms with Crippen LogP contribution in [0.15, 0.2) is 18.3 Å². The van der Waals surface area contributed by atoms with Crippen molar-refractivity contribution in [1.29, 1.82) is 0 Å². The molecule has 0 radical (unpaired) electrons. The Kier molecular flexibility index (Phi) is 4.70. The van der Waals surface area contributed by atoms with Crippen LogP contribution in [0.5, 0.6) is 5.75 Å². The average Bonchev–Trinajstić information content (AvgIpc) is 3.12. The average molecular weight is 324 g/mol. The van der Waals surface area contributed by atoms with Gasteiger partial charge in [-0.25, -0.2) is 0 Å². The lowest BCUT2D eigenvalue weighted by Gasteiger charge is -2.19. The topological polar surface area (TPSA) is 25.4 Å². The van der Waals surface area contributed by atoms with Crippen molar-refractivity contribution in [2.45, 2.75) is 51.9 Å². The van der Waals surface area contributed by atoms with Gasteiger partial charge in [0.2, 0.25) is 0 Å². The highest BCUT2D eigenvalue weighted by Crippen LogP contribution is 2.31. The maximum atomic E-state index is 6.08. The van der Waals surface area contributed by atoms with E-state index in [4.69, 9.17) is 9.72 Å². The van der Waals surface area contributed by atoms with Gasteiger partial charge in [0.1, 0.15) is 5.75 Å². The van der Waals surface area contributed by atoms with E-state index < -0.39 is 0 Å². The smallest absolute Gasteiger partial charge is 0.124 e. The Balaban J connectivity index is 1.46. The molecule has 1 fully saturated rings. The number of aryl methyl sites for hydroxylation is 3. The van der Waals surface area contributed by atoms with Crippen molar-refractivity contribution in [3.05, 3.63) is 35.0 Å². The SMILES string of the molecule is Cc1cc2c3c(cnc2cc1OCCCN1CCCC1)CCCC3. The van der Waals surface area contributed by atoms with Gasteiger partial charge in [0.15, 0.2) is 0 Å². The molecule has 0 N–H and O–H groups in total. The van der Waals surface area contributed by atoms with Gasteiger partial charge in [0.25, 0.3) is 0 Å².